The minimum Gasteiger partial charge on any atom is -0.497 e. The summed E-state index contributed by atoms with van der Waals surface area (Å²) in [6, 6.07) is 18.2. The van der Waals surface area contributed by atoms with E-state index in [4.69, 9.17) is 14.2 Å². The molecule has 37 heavy (non-hydrogen) atoms. The molecule has 3 aromatic rings. The van der Waals surface area contributed by atoms with Gasteiger partial charge in [0.2, 0.25) is 5.91 Å². The van der Waals surface area contributed by atoms with Gasteiger partial charge in [0.25, 0.3) is 0 Å². The number of rotatable bonds is 8. The van der Waals surface area contributed by atoms with Gasteiger partial charge in [-0.25, -0.2) is 4.79 Å². The molecule has 8 heteroatoms. The second-order valence-corrected chi connectivity index (χ2v) is 8.80. The summed E-state index contributed by atoms with van der Waals surface area (Å²) in [6.45, 7) is 3.67. The van der Waals surface area contributed by atoms with Crippen LogP contribution in [-0.2, 0) is 14.3 Å². The smallest absolute Gasteiger partial charge is 0.343 e. The van der Waals surface area contributed by atoms with E-state index in [1.165, 1.54) is 31.4 Å². The highest BCUT2D eigenvalue weighted by molar-refractivity contribution is 6.01. The van der Waals surface area contributed by atoms with E-state index >= 15 is 0 Å². The molecule has 0 saturated carbocycles. The van der Waals surface area contributed by atoms with Crippen molar-refractivity contribution < 1.29 is 33.4 Å². The minimum atomic E-state index is -0.640. The summed E-state index contributed by atoms with van der Waals surface area (Å²) in [5, 5.41) is 0. The maximum absolute atomic E-state index is 12.6. The Balaban J connectivity index is 1.30. The van der Waals surface area contributed by atoms with Crippen molar-refractivity contribution in [3.05, 3.63) is 89.0 Å². The molecule has 3 aromatic carbocycles. The zero-order valence-corrected chi connectivity index (χ0v) is 20.9. The number of aryl methyl sites for hydroxylation is 1. The maximum Gasteiger partial charge on any atom is 0.343 e. The Morgan fingerprint density at radius 1 is 0.919 bits per heavy atom. The Kier molecular flexibility index (Phi) is 7.67. The van der Waals surface area contributed by atoms with Gasteiger partial charge in [-0.2, -0.15) is 0 Å². The van der Waals surface area contributed by atoms with Gasteiger partial charge in [-0.15, -0.1) is 0 Å². The quantitative estimate of drug-likeness (QED) is 0.258. The highest BCUT2D eigenvalue weighted by atomic mass is 16.5. The maximum atomic E-state index is 12.6. The number of ether oxygens (including phenoxy) is 3. The van der Waals surface area contributed by atoms with Crippen LogP contribution in [0.1, 0.15) is 38.3 Å². The van der Waals surface area contributed by atoms with Crippen LogP contribution in [0.2, 0.25) is 0 Å². The van der Waals surface area contributed by atoms with Gasteiger partial charge >= 0.3 is 11.9 Å². The lowest BCUT2D eigenvalue weighted by Gasteiger charge is -2.20. The summed E-state index contributed by atoms with van der Waals surface area (Å²) < 4.78 is 15.7. The van der Waals surface area contributed by atoms with E-state index < -0.39 is 30.2 Å². The zero-order valence-electron chi connectivity index (χ0n) is 20.9. The highest BCUT2D eigenvalue weighted by Gasteiger charge is 2.37. The molecule has 4 rings (SSSR count). The SMILES string of the molecule is COc1cccc(C(=O)Oc2ccc(C(=O)COC(=O)[C@H]3CC(=O)N(c4cccc(C)c4C)C3)cc2)c1. The van der Waals surface area contributed by atoms with Gasteiger partial charge in [-0.05, 0) is 73.5 Å². The zero-order chi connectivity index (χ0) is 26.5. The molecule has 8 nitrogen and oxygen atoms in total. The number of methoxy groups -OCH3 is 1. The molecule has 0 unspecified atom stereocenters. The molecule has 0 radical (unpaired) electrons. The number of ketones is 1. The molecule has 190 valence electrons. The van der Waals surface area contributed by atoms with Crippen molar-refractivity contribution in [2.24, 2.45) is 5.92 Å². The highest BCUT2D eigenvalue weighted by Crippen LogP contribution is 2.30. The Labute approximate surface area is 214 Å². The number of hydrogen-bond acceptors (Lipinski definition) is 7. The third kappa shape index (κ3) is 5.86. The fourth-order valence-electron chi connectivity index (χ4n) is 4.09. The van der Waals surface area contributed by atoms with E-state index in [0.717, 1.165) is 16.8 Å². The van der Waals surface area contributed by atoms with Gasteiger partial charge in [0.15, 0.2) is 12.4 Å². The largest absolute Gasteiger partial charge is 0.497 e. The third-order valence-electron chi connectivity index (χ3n) is 6.36. The van der Waals surface area contributed by atoms with E-state index in [1.54, 1.807) is 29.2 Å². The van der Waals surface area contributed by atoms with Crippen LogP contribution in [0.3, 0.4) is 0 Å². The lowest BCUT2D eigenvalue weighted by Crippen LogP contribution is -2.27. The van der Waals surface area contributed by atoms with Crippen LogP contribution in [0.4, 0.5) is 5.69 Å². The normalized spacial score (nSPS) is 14.8. The molecule has 1 saturated heterocycles. The van der Waals surface area contributed by atoms with Crippen LogP contribution >= 0.6 is 0 Å². The number of anilines is 1. The average molecular weight is 502 g/mol. The molecule has 1 atom stereocenters. The van der Waals surface area contributed by atoms with Crippen molar-refractivity contribution in [1.29, 1.82) is 0 Å². The van der Waals surface area contributed by atoms with Gasteiger partial charge in [-0.3, -0.25) is 14.4 Å². The first-order valence-corrected chi connectivity index (χ1v) is 11.8. The van der Waals surface area contributed by atoms with Crippen molar-refractivity contribution in [1.82, 2.24) is 0 Å². The van der Waals surface area contributed by atoms with Crippen LogP contribution in [-0.4, -0.2) is 43.9 Å². The molecule has 1 aliphatic rings. The Morgan fingerprint density at radius 3 is 2.38 bits per heavy atom. The van der Waals surface area contributed by atoms with E-state index in [2.05, 4.69) is 0 Å². The van der Waals surface area contributed by atoms with Crippen LogP contribution in [0.25, 0.3) is 0 Å². The molecule has 1 aliphatic heterocycles. The number of Topliss-reactive ketones (excluding diaryl/α,β-unsaturated/α-hetero) is 1. The lowest BCUT2D eigenvalue weighted by molar-refractivity contribution is -0.147. The molecule has 1 fully saturated rings. The number of esters is 2. The van der Waals surface area contributed by atoms with E-state index in [9.17, 15) is 19.2 Å². The summed E-state index contributed by atoms with van der Waals surface area (Å²) in [5.41, 5.74) is 3.45. The monoisotopic (exact) mass is 501 g/mol. The van der Waals surface area contributed by atoms with Crippen molar-refractivity contribution in [3.8, 4) is 11.5 Å². The molecule has 0 aromatic heterocycles. The number of nitrogens with zero attached hydrogens (tertiary/aromatic N) is 1. The van der Waals surface area contributed by atoms with Crippen molar-refractivity contribution in [3.63, 3.8) is 0 Å². The van der Waals surface area contributed by atoms with E-state index in [0.29, 0.717) is 16.9 Å². The Morgan fingerprint density at radius 2 is 1.65 bits per heavy atom. The first-order chi connectivity index (χ1) is 17.8. The Bertz CT molecular complexity index is 1350. The van der Waals surface area contributed by atoms with Crippen LogP contribution in [0.5, 0.6) is 11.5 Å². The molecule has 0 aliphatic carbocycles. The third-order valence-corrected chi connectivity index (χ3v) is 6.36. The van der Waals surface area contributed by atoms with Gasteiger partial charge in [-0.1, -0.05) is 18.2 Å². The molecule has 1 heterocycles. The molecular formula is C29H27NO7. The predicted molar refractivity (Wildman–Crippen MR) is 136 cm³/mol. The summed E-state index contributed by atoms with van der Waals surface area (Å²) in [5.74, 6) is -1.55. The van der Waals surface area contributed by atoms with Crippen LogP contribution in [0.15, 0.2) is 66.7 Å². The number of carbonyl (C=O) groups is 4. The second-order valence-electron chi connectivity index (χ2n) is 8.80. The molecule has 1 amide bonds. The minimum absolute atomic E-state index is 0.0355. The number of hydrogen-bond donors (Lipinski definition) is 0. The van der Waals surface area contributed by atoms with E-state index in [-0.39, 0.29) is 24.6 Å². The molecule has 0 N–H and O–H groups in total. The van der Waals surface area contributed by atoms with Crippen molar-refractivity contribution in [2.45, 2.75) is 20.3 Å². The topological polar surface area (TPSA) is 99.2 Å². The Hall–Kier alpha value is -4.46. The fraction of sp³-hybridized carbons (Fsp3) is 0.241. The van der Waals surface area contributed by atoms with Gasteiger partial charge in [0.05, 0.1) is 18.6 Å². The fourth-order valence-corrected chi connectivity index (χ4v) is 4.09. The summed E-state index contributed by atoms with van der Waals surface area (Å²) in [6.07, 6.45) is 0.0355. The van der Waals surface area contributed by atoms with Gasteiger partial charge in [0, 0.05) is 24.2 Å². The first kappa shape index (κ1) is 25.6. The van der Waals surface area contributed by atoms with Gasteiger partial charge in [0.1, 0.15) is 11.5 Å². The number of carbonyl (C=O) groups excluding carboxylic acids is 4. The summed E-state index contributed by atoms with van der Waals surface area (Å²) in [7, 11) is 1.51. The first-order valence-electron chi connectivity index (χ1n) is 11.8. The summed E-state index contributed by atoms with van der Waals surface area (Å²) in [4.78, 5) is 51.6. The van der Waals surface area contributed by atoms with E-state index in [1.807, 2.05) is 32.0 Å². The predicted octanol–water partition coefficient (Wildman–Crippen LogP) is 4.31. The van der Waals surface area contributed by atoms with Crippen LogP contribution in [0, 0.1) is 19.8 Å². The van der Waals surface area contributed by atoms with Crippen LogP contribution < -0.4 is 14.4 Å². The second kappa shape index (κ2) is 11.1. The molecular weight excluding hydrogens is 474 g/mol. The van der Waals surface area contributed by atoms with Crippen molar-refractivity contribution in [2.75, 3.05) is 25.2 Å². The van der Waals surface area contributed by atoms with Crippen molar-refractivity contribution >= 4 is 29.3 Å². The summed E-state index contributed by atoms with van der Waals surface area (Å²) >= 11 is 0. The molecule has 0 bridgehead atoms. The standard InChI is InChI=1S/C29H27NO7/c1-18-6-4-9-25(19(18)2)30-16-22(15-27(30)32)28(33)36-17-26(31)20-10-12-23(13-11-20)37-29(34)21-7-5-8-24(14-21)35-3/h4-14,22H,15-17H2,1-3H3/t22-/m0/s1. The average Bonchev–Trinajstić information content (AvgIpc) is 3.30. The number of amides is 1. The molecule has 0 spiro atoms. The lowest BCUT2D eigenvalue weighted by atomic mass is 10.1. The number of benzene rings is 3. The van der Waals surface area contributed by atoms with Gasteiger partial charge < -0.3 is 19.1 Å².